The minimum absolute atomic E-state index is 0.124. The van der Waals surface area contributed by atoms with Gasteiger partial charge in [0.15, 0.2) is 5.65 Å². The molecule has 0 saturated heterocycles. The van der Waals surface area contributed by atoms with Crippen LogP contribution in [0.15, 0.2) is 47.3 Å². The number of aromatic nitrogens is 5. The van der Waals surface area contributed by atoms with E-state index in [4.69, 9.17) is 4.98 Å². The topological polar surface area (TPSA) is 85.6 Å². The van der Waals surface area contributed by atoms with Crippen molar-refractivity contribution in [3.63, 3.8) is 0 Å². The van der Waals surface area contributed by atoms with Crippen LogP contribution in [0.4, 0.5) is 0 Å². The predicted octanol–water partition coefficient (Wildman–Crippen LogP) is 4.22. The van der Waals surface area contributed by atoms with Crippen molar-refractivity contribution >= 4 is 43.8 Å². The van der Waals surface area contributed by atoms with Crippen LogP contribution in [0.2, 0.25) is 0 Å². The van der Waals surface area contributed by atoms with Gasteiger partial charge >= 0.3 is 0 Å². The second-order valence-corrected chi connectivity index (χ2v) is 9.31. The quantitative estimate of drug-likeness (QED) is 0.474. The Hall–Kier alpha value is -2.87. The molecule has 0 aliphatic heterocycles. The van der Waals surface area contributed by atoms with Crippen LogP contribution >= 0.6 is 15.9 Å². The Morgan fingerprint density at radius 1 is 1.32 bits per heavy atom. The number of benzene rings is 1. The van der Waals surface area contributed by atoms with Gasteiger partial charge in [-0.2, -0.15) is 5.10 Å². The fourth-order valence-electron chi connectivity index (χ4n) is 4.68. The molecule has 5 rings (SSSR count). The summed E-state index contributed by atoms with van der Waals surface area (Å²) in [6.07, 6.45) is 7.14. The van der Waals surface area contributed by atoms with Gasteiger partial charge in [0, 0.05) is 36.7 Å². The summed E-state index contributed by atoms with van der Waals surface area (Å²) in [6.45, 7) is 2.05. The first-order valence-electron chi connectivity index (χ1n) is 10.4. The van der Waals surface area contributed by atoms with E-state index in [1.165, 1.54) is 0 Å². The Morgan fingerprint density at radius 2 is 2.19 bits per heavy atom. The fourth-order valence-corrected chi connectivity index (χ4v) is 5.12. The highest BCUT2D eigenvalue weighted by Gasteiger charge is 2.40. The van der Waals surface area contributed by atoms with Crippen molar-refractivity contribution in [2.24, 2.45) is 11.3 Å². The van der Waals surface area contributed by atoms with Crippen LogP contribution in [0.25, 0.3) is 27.6 Å². The lowest BCUT2D eigenvalue weighted by molar-refractivity contribution is -0.129. The number of carbonyl (C=O) groups is 1. The zero-order chi connectivity index (χ0) is 21.6. The highest BCUT2D eigenvalue weighted by molar-refractivity contribution is 9.10. The van der Waals surface area contributed by atoms with Crippen molar-refractivity contribution in [1.82, 2.24) is 30.0 Å². The summed E-state index contributed by atoms with van der Waals surface area (Å²) < 4.78 is 2.56. The van der Waals surface area contributed by atoms with Crippen LogP contribution in [0.3, 0.4) is 0 Å². The maximum absolute atomic E-state index is 12.2. The van der Waals surface area contributed by atoms with Gasteiger partial charge in [-0.15, -0.1) is 0 Å². The van der Waals surface area contributed by atoms with Crippen molar-refractivity contribution < 1.29 is 4.79 Å². The van der Waals surface area contributed by atoms with Crippen LogP contribution in [0, 0.1) is 11.3 Å². The highest BCUT2D eigenvalue weighted by atomic mass is 79.9. The number of fused-ring (bicyclic) bond motifs is 2. The minimum atomic E-state index is -0.298. The zero-order valence-electron chi connectivity index (χ0n) is 17.5. The number of nitrogens with zero attached hydrogens (tertiary/aromatic N) is 5. The van der Waals surface area contributed by atoms with E-state index in [9.17, 15) is 4.79 Å². The summed E-state index contributed by atoms with van der Waals surface area (Å²) in [5, 5.41) is 9.38. The number of hydrogen-bond acceptors (Lipinski definition) is 5. The molecule has 1 fully saturated rings. The van der Waals surface area contributed by atoms with E-state index in [2.05, 4.69) is 49.3 Å². The summed E-state index contributed by atoms with van der Waals surface area (Å²) in [5.41, 5.74) is 2.34. The third kappa shape index (κ3) is 3.59. The van der Waals surface area contributed by atoms with Crippen LogP contribution < -0.4 is 5.32 Å². The molecule has 4 aromatic rings. The van der Waals surface area contributed by atoms with Crippen LogP contribution in [0.5, 0.6) is 0 Å². The van der Waals surface area contributed by atoms with E-state index < -0.39 is 0 Å². The van der Waals surface area contributed by atoms with E-state index in [1.807, 2.05) is 35.1 Å². The number of carbonyl (C=O) groups excluding carboxylic acids is 1. The number of halogens is 1. The van der Waals surface area contributed by atoms with Crippen LogP contribution in [-0.4, -0.2) is 37.7 Å². The molecule has 2 atom stereocenters. The van der Waals surface area contributed by atoms with Crippen molar-refractivity contribution in [3.8, 4) is 5.69 Å². The largest absolute Gasteiger partial charge is 0.359 e. The molecular weight excluding hydrogens is 456 g/mol. The van der Waals surface area contributed by atoms with Crippen LogP contribution in [0.1, 0.15) is 32.0 Å². The first kappa shape index (κ1) is 20.1. The summed E-state index contributed by atoms with van der Waals surface area (Å²) in [5.74, 6) is 1.31. The Bertz CT molecular complexity index is 1300. The van der Waals surface area contributed by atoms with Crippen molar-refractivity contribution in [1.29, 1.82) is 0 Å². The molecule has 1 aliphatic carbocycles. The second kappa shape index (κ2) is 7.67. The average molecular weight is 479 g/mol. The van der Waals surface area contributed by atoms with Gasteiger partial charge in [-0.1, -0.05) is 13.0 Å². The maximum atomic E-state index is 12.2. The molecule has 1 saturated carbocycles. The minimum Gasteiger partial charge on any atom is -0.359 e. The number of nitrogens with one attached hydrogen (secondary N) is 1. The Kier molecular flexibility index (Phi) is 4.97. The van der Waals surface area contributed by atoms with Gasteiger partial charge in [0.1, 0.15) is 10.4 Å². The monoisotopic (exact) mass is 478 g/mol. The third-order valence-electron chi connectivity index (χ3n) is 6.35. The Balaban J connectivity index is 1.48. The molecule has 7 nitrogen and oxygen atoms in total. The summed E-state index contributed by atoms with van der Waals surface area (Å²) >= 11 is 3.55. The van der Waals surface area contributed by atoms with Gasteiger partial charge in [-0.05, 0) is 65.4 Å². The fraction of sp³-hybridized carbons (Fsp3) is 0.348. The second-order valence-electron chi connectivity index (χ2n) is 8.56. The zero-order valence-corrected chi connectivity index (χ0v) is 19.1. The van der Waals surface area contributed by atoms with Gasteiger partial charge in [0.25, 0.3) is 0 Å². The number of hydrogen-bond donors (Lipinski definition) is 1. The Labute approximate surface area is 188 Å². The van der Waals surface area contributed by atoms with E-state index in [0.29, 0.717) is 10.5 Å². The van der Waals surface area contributed by atoms with Gasteiger partial charge in [0.2, 0.25) is 5.91 Å². The van der Waals surface area contributed by atoms with Crippen molar-refractivity contribution in [2.75, 3.05) is 7.05 Å². The van der Waals surface area contributed by atoms with E-state index in [-0.39, 0.29) is 11.3 Å². The molecular formula is C23H23BrN6O. The lowest BCUT2D eigenvalue weighted by Gasteiger charge is -2.21. The van der Waals surface area contributed by atoms with Gasteiger partial charge in [-0.3, -0.25) is 9.78 Å². The van der Waals surface area contributed by atoms with E-state index in [1.54, 1.807) is 13.2 Å². The molecule has 1 aromatic carbocycles. The molecule has 8 heteroatoms. The normalized spacial score (nSPS) is 21.1. The summed E-state index contributed by atoms with van der Waals surface area (Å²) in [4.78, 5) is 26.1. The molecule has 0 unspecified atom stereocenters. The predicted molar refractivity (Wildman–Crippen MR) is 123 cm³/mol. The smallest absolute Gasteiger partial charge is 0.225 e. The van der Waals surface area contributed by atoms with Gasteiger partial charge in [0.05, 0.1) is 16.6 Å². The molecule has 1 amide bonds. The molecule has 3 aromatic heterocycles. The lowest BCUT2D eigenvalue weighted by atomic mass is 9.86. The Morgan fingerprint density at radius 3 is 3.03 bits per heavy atom. The molecule has 158 valence electrons. The summed E-state index contributed by atoms with van der Waals surface area (Å²) in [6, 6.07) is 10.0. The average Bonchev–Trinajstić information content (AvgIpc) is 3.33. The van der Waals surface area contributed by atoms with E-state index >= 15 is 0 Å². The standard InChI is InChI=1S/C23H23BrN6O/c1-23(22(31)25-2)8-7-14(12-23)10-19-27-13-17-20(24)29-30(21(17)28-19)16-5-6-18-15(11-16)4-3-9-26-18/h3-6,9,11,13-14H,7-8,10,12H2,1-2H3,(H,25,31)/t14-,23-/m0/s1. The first-order valence-corrected chi connectivity index (χ1v) is 11.2. The molecule has 0 bridgehead atoms. The lowest BCUT2D eigenvalue weighted by Crippen LogP contribution is -2.35. The molecule has 0 radical (unpaired) electrons. The molecule has 3 heterocycles. The SMILES string of the molecule is CNC(=O)[C@@]1(C)CC[C@@H](Cc2ncc3c(Br)nn(-c4ccc5ncccc5c4)c3n2)C1. The molecule has 31 heavy (non-hydrogen) atoms. The van der Waals surface area contributed by atoms with E-state index in [0.717, 1.165) is 59.1 Å². The van der Waals surface area contributed by atoms with Gasteiger partial charge in [-0.25, -0.2) is 14.6 Å². The molecule has 1 N–H and O–H groups in total. The number of amides is 1. The maximum Gasteiger partial charge on any atom is 0.225 e. The van der Waals surface area contributed by atoms with Crippen molar-refractivity contribution in [2.45, 2.75) is 32.6 Å². The first-order chi connectivity index (χ1) is 15.0. The summed E-state index contributed by atoms with van der Waals surface area (Å²) in [7, 11) is 1.71. The molecule has 1 aliphatic rings. The number of pyridine rings is 1. The highest BCUT2D eigenvalue weighted by Crippen LogP contribution is 2.42. The molecule has 0 spiro atoms. The van der Waals surface area contributed by atoms with Crippen molar-refractivity contribution in [3.05, 3.63) is 53.2 Å². The van der Waals surface area contributed by atoms with Gasteiger partial charge < -0.3 is 5.32 Å². The third-order valence-corrected chi connectivity index (χ3v) is 6.94. The van der Waals surface area contributed by atoms with Crippen LogP contribution in [-0.2, 0) is 11.2 Å². The number of rotatable bonds is 4.